The van der Waals surface area contributed by atoms with Crippen LogP contribution in [0.5, 0.6) is 0 Å². The van der Waals surface area contributed by atoms with E-state index < -0.39 is 0 Å². The van der Waals surface area contributed by atoms with Gasteiger partial charge in [0.1, 0.15) is 5.76 Å². The third-order valence-corrected chi connectivity index (χ3v) is 6.61. The van der Waals surface area contributed by atoms with Crippen LogP contribution >= 0.6 is 11.8 Å². The van der Waals surface area contributed by atoms with Gasteiger partial charge in [0.05, 0.1) is 24.1 Å². The van der Waals surface area contributed by atoms with E-state index in [9.17, 15) is 9.59 Å². The maximum Gasteiger partial charge on any atom is 0.255 e. The molecule has 1 saturated heterocycles. The number of nitrogens with zero attached hydrogens (tertiary/aromatic N) is 2. The topological polar surface area (TPSA) is 65.8 Å². The molecule has 2 heterocycles. The van der Waals surface area contributed by atoms with Crippen molar-refractivity contribution >= 4 is 29.3 Å². The van der Waals surface area contributed by atoms with Crippen molar-refractivity contribution in [1.82, 2.24) is 10.2 Å². The molecular formula is C25H27N3O3S. The lowest BCUT2D eigenvalue weighted by atomic mass is 10.1. The van der Waals surface area contributed by atoms with Gasteiger partial charge in [0.15, 0.2) is 0 Å². The number of amides is 2. The van der Waals surface area contributed by atoms with Crippen LogP contribution in [0.15, 0.2) is 76.2 Å². The number of rotatable bonds is 7. The molecule has 4 rings (SSSR count). The van der Waals surface area contributed by atoms with Crippen molar-refractivity contribution in [3.63, 3.8) is 0 Å². The maximum absolute atomic E-state index is 13.2. The summed E-state index contributed by atoms with van der Waals surface area (Å²) in [6.45, 7) is 5.44. The van der Waals surface area contributed by atoms with E-state index in [-0.39, 0.29) is 17.6 Å². The highest BCUT2D eigenvalue weighted by molar-refractivity contribution is 8.00. The molecular weight excluding hydrogens is 422 g/mol. The van der Waals surface area contributed by atoms with Crippen LogP contribution in [0.2, 0.25) is 0 Å². The molecule has 3 aromatic rings. The predicted molar refractivity (Wildman–Crippen MR) is 127 cm³/mol. The molecule has 32 heavy (non-hydrogen) atoms. The summed E-state index contributed by atoms with van der Waals surface area (Å²) in [6, 6.07) is 19.5. The van der Waals surface area contributed by atoms with E-state index in [0.29, 0.717) is 31.0 Å². The summed E-state index contributed by atoms with van der Waals surface area (Å²) in [7, 11) is 0. The van der Waals surface area contributed by atoms with Gasteiger partial charge in [-0.1, -0.05) is 30.3 Å². The van der Waals surface area contributed by atoms with Crippen molar-refractivity contribution in [1.29, 1.82) is 0 Å². The monoisotopic (exact) mass is 449 g/mol. The van der Waals surface area contributed by atoms with Crippen LogP contribution in [-0.2, 0) is 11.3 Å². The Morgan fingerprint density at radius 1 is 0.969 bits per heavy atom. The van der Waals surface area contributed by atoms with Crippen molar-refractivity contribution in [2.75, 3.05) is 36.8 Å². The Hall–Kier alpha value is -3.19. The third kappa shape index (κ3) is 5.34. The fraction of sp³-hybridized carbons (Fsp3) is 0.280. The highest BCUT2D eigenvalue weighted by atomic mass is 32.2. The molecule has 2 amide bonds. The summed E-state index contributed by atoms with van der Waals surface area (Å²) in [6.07, 6.45) is 1.58. The number of nitrogens with one attached hydrogen (secondary N) is 1. The minimum atomic E-state index is -0.0968. The average Bonchev–Trinajstić information content (AvgIpc) is 3.35. The lowest BCUT2D eigenvalue weighted by Crippen LogP contribution is -2.49. The Kier molecular flexibility index (Phi) is 7.17. The van der Waals surface area contributed by atoms with Crippen LogP contribution in [0.3, 0.4) is 0 Å². The Balaban J connectivity index is 1.33. The molecule has 0 spiro atoms. The first-order chi connectivity index (χ1) is 15.6. The Morgan fingerprint density at radius 2 is 1.72 bits per heavy atom. The zero-order valence-electron chi connectivity index (χ0n) is 18.1. The summed E-state index contributed by atoms with van der Waals surface area (Å²) in [4.78, 5) is 30.5. The lowest BCUT2D eigenvalue weighted by molar-refractivity contribution is -0.118. The zero-order valence-corrected chi connectivity index (χ0v) is 18.9. The molecule has 1 fully saturated rings. The van der Waals surface area contributed by atoms with Gasteiger partial charge in [-0.2, -0.15) is 0 Å². The smallest absolute Gasteiger partial charge is 0.255 e. The summed E-state index contributed by atoms with van der Waals surface area (Å²) >= 11 is 1.38. The quantitative estimate of drug-likeness (QED) is 0.553. The summed E-state index contributed by atoms with van der Waals surface area (Å²) < 4.78 is 5.23. The number of thioether (sulfide) groups is 1. The van der Waals surface area contributed by atoms with Crippen molar-refractivity contribution in [2.24, 2.45) is 0 Å². The fourth-order valence-corrected chi connectivity index (χ4v) is 4.68. The first-order valence-corrected chi connectivity index (χ1v) is 11.7. The van der Waals surface area contributed by atoms with Gasteiger partial charge < -0.3 is 19.5 Å². The molecule has 2 aromatic carbocycles. The molecule has 0 radical (unpaired) electrons. The number of anilines is 1. The second-order valence-corrected chi connectivity index (χ2v) is 8.72. The number of benzene rings is 2. The van der Waals surface area contributed by atoms with Gasteiger partial charge in [-0.25, -0.2) is 0 Å². The van der Waals surface area contributed by atoms with Crippen LogP contribution in [0.25, 0.3) is 0 Å². The van der Waals surface area contributed by atoms with Gasteiger partial charge in [-0.05, 0) is 42.8 Å². The van der Waals surface area contributed by atoms with Crippen molar-refractivity contribution in [3.8, 4) is 0 Å². The van der Waals surface area contributed by atoms with Crippen LogP contribution in [-0.4, -0.2) is 48.6 Å². The normalized spacial score (nSPS) is 13.8. The number of aryl methyl sites for hydroxylation is 1. The number of hydrogen-bond acceptors (Lipinski definition) is 5. The van der Waals surface area contributed by atoms with Crippen LogP contribution in [0.1, 0.15) is 21.7 Å². The fourth-order valence-electron chi connectivity index (χ4n) is 3.80. The van der Waals surface area contributed by atoms with Crippen LogP contribution < -0.4 is 10.2 Å². The van der Waals surface area contributed by atoms with Crippen LogP contribution in [0, 0.1) is 6.92 Å². The second kappa shape index (κ2) is 10.4. The number of para-hydroxylation sites is 1. The first kappa shape index (κ1) is 22.0. The third-order valence-electron chi connectivity index (χ3n) is 5.54. The number of piperazine rings is 1. The lowest BCUT2D eigenvalue weighted by Gasteiger charge is -2.37. The first-order valence-electron chi connectivity index (χ1n) is 10.7. The zero-order chi connectivity index (χ0) is 22.3. The molecule has 6 nitrogen and oxygen atoms in total. The molecule has 1 aliphatic heterocycles. The van der Waals surface area contributed by atoms with Gasteiger partial charge in [-0.15, -0.1) is 11.8 Å². The van der Waals surface area contributed by atoms with Crippen LogP contribution in [0.4, 0.5) is 5.69 Å². The molecule has 0 aliphatic carbocycles. The highest BCUT2D eigenvalue weighted by Crippen LogP contribution is 2.25. The van der Waals surface area contributed by atoms with Gasteiger partial charge in [0.2, 0.25) is 5.91 Å². The molecule has 1 aliphatic rings. The van der Waals surface area contributed by atoms with E-state index in [4.69, 9.17) is 4.42 Å². The largest absolute Gasteiger partial charge is 0.467 e. The molecule has 0 atom stereocenters. The minimum absolute atomic E-state index is 0.0218. The second-order valence-electron chi connectivity index (χ2n) is 7.71. The molecule has 166 valence electrons. The summed E-state index contributed by atoms with van der Waals surface area (Å²) in [5.41, 5.74) is 3.14. The number of carbonyl (C=O) groups is 2. The molecule has 0 unspecified atom stereocenters. The van der Waals surface area contributed by atoms with Gasteiger partial charge in [0.25, 0.3) is 5.91 Å². The maximum atomic E-state index is 13.2. The molecule has 1 aromatic heterocycles. The number of furan rings is 1. The van der Waals surface area contributed by atoms with Gasteiger partial charge >= 0.3 is 0 Å². The standard InChI is InChI=1S/C25H27N3O3S/c1-19-7-2-4-10-22(19)27-12-14-28(15-13-27)25(30)21-9-3-5-11-23(21)32-18-24(29)26-17-20-8-6-16-31-20/h2-11,16H,12-15,17-18H2,1H3,(H,26,29). The highest BCUT2D eigenvalue weighted by Gasteiger charge is 2.24. The van der Waals surface area contributed by atoms with Crippen molar-refractivity contribution < 1.29 is 14.0 Å². The predicted octanol–water partition coefficient (Wildman–Crippen LogP) is 3.96. The Morgan fingerprint density at radius 3 is 2.47 bits per heavy atom. The number of hydrogen-bond donors (Lipinski definition) is 1. The van der Waals surface area contributed by atoms with Crippen molar-refractivity contribution in [3.05, 3.63) is 83.8 Å². The average molecular weight is 450 g/mol. The minimum Gasteiger partial charge on any atom is -0.467 e. The number of carbonyl (C=O) groups excluding carboxylic acids is 2. The molecule has 7 heteroatoms. The van der Waals surface area contributed by atoms with E-state index in [1.807, 2.05) is 41.3 Å². The SMILES string of the molecule is Cc1ccccc1N1CCN(C(=O)c2ccccc2SCC(=O)NCc2ccco2)CC1. The van der Waals surface area contributed by atoms with Gasteiger partial charge in [0, 0.05) is 36.8 Å². The summed E-state index contributed by atoms with van der Waals surface area (Å²) in [5, 5.41) is 2.84. The Bertz CT molecular complexity index is 1060. The van der Waals surface area contributed by atoms with E-state index in [1.165, 1.54) is 23.0 Å². The molecule has 0 saturated carbocycles. The molecule has 0 bridgehead atoms. The van der Waals surface area contributed by atoms with E-state index in [0.717, 1.165) is 18.0 Å². The van der Waals surface area contributed by atoms with Crippen molar-refractivity contribution in [2.45, 2.75) is 18.4 Å². The Labute approximate surface area is 192 Å². The van der Waals surface area contributed by atoms with E-state index >= 15 is 0 Å². The van der Waals surface area contributed by atoms with E-state index in [1.54, 1.807) is 12.3 Å². The summed E-state index contributed by atoms with van der Waals surface area (Å²) in [5.74, 6) is 0.879. The molecule has 1 N–H and O–H groups in total. The van der Waals surface area contributed by atoms with E-state index in [2.05, 4.69) is 35.3 Å². The van der Waals surface area contributed by atoms with Gasteiger partial charge in [-0.3, -0.25) is 9.59 Å².